The van der Waals surface area contributed by atoms with Crippen molar-refractivity contribution in [3.8, 4) is 5.75 Å². The van der Waals surface area contributed by atoms with E-state index in [0.717, 1.165) is 48.1 Å². The van der Waals surface area contributed by atoms with Gasteiger partial charge in [-0.15, -0.1) is 11.8 Å². The van der Waals surface area contributed by atoms with E-state index in [2.05, 4.69) is 35.2 Å². The Hall–Kier alpha value is -2.20. The second kappa shape index (κ2) is 7.36. The smallest absolute Gasteiger partial charge is 0.187 e. The molecule has 0 amide bonds. The van der Waals surface area contributed by atoms with Crippen molar-refractivity contribution in [3.05, 3.63) is 71.9 Å². The Balaban J connectivity index is 1.39. The summed E-state index contributed by atoms with van der Waals surface area (Å²) in [5.41, 5.74) is 2.11. The summed E-state index contributed by atoms with van der Waals surface area (Å²) in [6.07, 6.45) is 4.78. The van der Waals surface area contributed by atoms with Crippen LogP contribution in [0.25, 0.3) is 0 Å². The summed E-state index contributed by atoms with van der Waals surface area (Å²) in [7, 11) is 0. The molecule has 128 valence electrons. The second-order valence-corrected chi connectivity index (χ2v) is 7.57. The van der Waals surface area contributed by atoms with Crippen molar-refractivity contribution >= 4 is 17.5 Å². The largest absolute Gasteiger partial charge is 0.492 e. The monoisotopic (exact) mass is 351 g/mol. The zero-order valence-electron chi connectivity index (χ0n) is 14.1. The van der Waals surface area contributed by atoms with Gasteiger partial charge in [-0.05, 0) is 30.2 Å². The van der Waals surface area contributed by atoms with Gasteiger partial charge in [0.1, 0.15) is 5.75 Å². The molecule has 1 atom stereocenters. The van der Waals surface area contributed by atoms with Crippen LogP contribution in [-0.4, -0.2) is 36.1 Å². The summed E-state index contributed by atoms with van der Waals surface area (Å²) in [6.45, 7) is 2.71. The number of likely N-dealkylation sites (tertiary alicyclic amines) is 1. The van der Waals surface area contributed by atoms with E-state index < -0.39 is 0 Å². The highest BCUT2D eigenvalue weighted by molar-refractivity contribution is 7.99. The van der Waals surface area contributed by atoms with Crippen molar-refractivity contribution in [2.45, 2.75) is 17.2 Å². The molecule has 2 aromatic rings. The van der Waals surface area contributed by atoms with Crippen LogP contribution in [-0.2, 0) is 0 Å². The van der Waals surface area contributed by atoms with E-state index in [1.165, 1.54) is 5.56 Å². The number of nitrogens with zero attached hydrogens (tertiary/aromatic N) is 1. The van der Waals surface area contributed by atoms with Gasteiger partial charge in [0.25, 0.3) is 0 Å². The highest BCUT2D eigenvalue weighted by atomic mass is 32.2. The zero-order chi connectivity index (χ0) is 17.1. The standard InChI is InChI=1S/C21H21NO2S/c23-19(17-6-7-20-21(14-17)25-13-12-24-20)9-11-22-10-8-18(15-22)16-4-2-1-3-5-16/h1-7,9,11,14,18H,8,10,12-13,15H2/b11-9+. The van der Waals surface area contributed by atoms with Gasteiger partial charge in [0.05, 0.1) is 11.5 Å². The van der Waals surface area contributed by atoms with Crippen LogP contribution in [0, 0.1) is 0 Å². The molecule has 2 heterocycles. The van der Waals surface area contributed by atoms with Gasteiger partial charge in [-0.25, -0.2) is 0 Å². The molecule has 1 fully saturated rings. The van der Waals surface area contributed by atoms with Gasteiger partial charge in [-0.3, -0.25) is 4.79 Å². The molecule has 0 saturated carbocycles. The van der Waals surface area contributed by atoms with Crippen molar-refractivity contribution in [2.75, 3.05) is 25.4 Å². The molecular formula is C21H21NO2S. The molecule has 0 bridgehead atoms. The Morgan fingerprint density at radius 2 is 2.08 bits per heavy atom. The lowest BCUT2D eigenvalue weighted by Gasteiger charge is -2.17. The van der Waals surface area contributed by atoms with E-state index in [-0.39, 0.29) is 5.78 Å². The van der Waals surface area contributed by atoms with Crippen LogP contribution in [0.4, 0.5) is 0 Å². The maximum atomic E-state index is 12.5. The van der Waals surface area contributed by atoms with Gasteiger partial charge < -0.3 is 9.64 Å². The topological polar surface area (TPSA) is 29.5 Å². The van der Waals surface area contributed by atoms with Gasteiger partial charge >= 0.3 is 0 Å². The van der Waals surface area contributed by atoms with Crippen LogP contribution in [0.1, 0.15) is 28.3 Å². The van der Waals surface area contributed by atoms with E-state index in [0.29, 0.717) is 5.92 Å². The molecule has 4 rings (SSSR count). The number of hydrogen-bond donors (Lipinski definition) is 0. The molecule has 2 aromatic carbocycles. The fraction of sp³-hybridized carbons (Fsp3) is 0.286. The first-order chi connectivity index (χ1) is 12.3. The number of carbonyl (C=O) groups excluding carboxylic acids is 1. The first-order valence-electron chi connectivity index (χ1n) is 8.71. The summed E-state index contributed by atoms with van der Waals surface area (Å²) >= 11 is 1.75. The summed E-state index contributed by atoms with van der Waals surface area (Å²) < 4.78 is 5.59. The molecule has 4 heteroatoms. The average Bonchev–Trinajstić information content (AvgIpc) is 3.15. The third kappa shape index (κ3) is 3.74. The van der Waals surface area contributed by atoms with Crippen molar-refractivity contribution in [3.63, 3.8) is 0 Å². The molecule has 25 heavy (non-hydrogen) atoms. The second-order valence-electron chi connectivity index (χ2n) is 6.43. The first-order valence-corrected chi connectivity index (χ1v) is 9.69. The lowest BCUT2D eigenvalue weighted by Crippen LogP contribution is -2.13. The molecule has 2 aliphatic heterocycles. The average molecular weight is 351 g/mol. The van der Waals surface area contributed by atoms with Crippen LogP contribution < -0.4 is 4.74 Å². The van der Waals surface area contributed by atoms with Gasteiger partial charge in [0.15, 0.2) is 5.78 Å². The third-order valence-corrected chi connectivity index (χ3v) is 5.75. The summed E-state index contributed by atoms with van der Waals surface area (Å²) in [5, 5.41) is 0. The third-order valence-electron chi connectivity index (χ3n) is 4.75. The van der Waals surface area contributed by atoms with Crippen LogP contribution in [0.2, 0.25) is 0 Å². The van der Waals surface area contributed by atoms with E-state index >= 15 is 0 Å². The number of ether oxygens (including phenoxy) is 1. The van der Waals surface area contributed by atoms with Gasteiger partial charge in [-0.2, -0.15) is 0 Å². The fourth-order valence-corrected chi connectivity index (χ4v) is 4.25. The molecule has 0 radical (unpaired) electrons. The van der Waals surface area contributed by atoms with E-state index in [1.807, 2.05) is 24.4 Å². The van der Waals surface area contributed by atoms with Crippen molar-refractivity contribution in [1.29, 1.82) is 0 Å². The molecule has 2 aliphatic rings. The molecule has 1 unspecified atom stereocenters. The maximum Gasteiger partial charge on any atom is 0.187 e. The summed E-state index contributed by atoms with van der Waals surface area (Å²) in [4.78, 5) is 15.8. The lowest BCUT2D eigenvalue weighted by atomic mass is 9.99. The Bertz CT molecular complexity index is 788. The minimum absolute atomic E-state index is 0.0529. The lowest BCUT2D eigenvalue weighted by molar-refractivity contribution is 0.104. The predicted octanol–water partition coefficient (Wildman–Crippen LogP) is 4.36. The van der Waals surface area contributed by atoms with Crippen LogP contribution in [0.5, 0.6) is 5.75 Å². The number of hydrogen-bond acceptors (Lipinski definition) is 4. The fourth-order valence-electron chi connectivity index (χ4n) is 3.39. The SMILES string of the molecule is O=C(/C=C/N1CCC(c2ccccc2)C1)c1ccc2c(c1)SCCO2. The summed E-state index contributed by atoms with van der Waals surface area (Å²) in [5.74, 6) is 2.44. The quantitative estimate of drug-likeness (QED) is 0.605. The van der Waals surface area contributed by atoms with Crippen molar-refractivity contribution < 1.29 is 9.53 Å². The Kier molecular flexibility index (Phi) is 4.79. The summed E-state index contributed by atoms with van der Waals surface area (Å²) in [6, 6.07) is 16.3. The molecule has 0 aromatic heterocycles. The van der Waals surface area contributed by atoms with Gasteiger partial charge in [0.2, 0.25) is 0 Å². The molecule has 0 spiro atoms. The highest BCUT2D eigenvalue weighted by Crippen LogP contribution is 2.34. The number of thioether (sulfide) groups is 1. The number of ketones is 1. The van der Waals surface area contributed by atoms with Gasteiger partial charge in [-0.1, -0.05) is 30.3 Å². The van der Waals surface area contributed by atoms with Gasteiger partial charge in [0, 0.05) is 42.6 Å². The minimum Gasteiger partial charge on any atom is -0.492 e. The van der Waals surface area contributed by atoms with E-state index in [4.69, 9.17) is 4.74 Å². The molecule has 3 nitrogen and oxygen atoms in total. The Labute approximate surface area is 152 Å². The van der Waals surface area contributed by atoms with Crippen LogP contribution >= 0.6 is 11.8 Å². The van der Waals surface area contributed by atoms with E-state index in [1.54, 1.807) is 17.8 Å². The Morgan fingerprint density at radius 3 is 2.96 bits per heavy atom. The normalized spacial score (nSPS) is 19.7. The number of allylic oxidation sites excluding steroid dienone is 1. The number of carbonyl (C=O) groups is 1. The van der Waals surface area contributed by atoms with Crippen molar-refractivity contribution in [1.82, 2.24) is 4.90 Å². The van der Waals surface area contributed by atoms with Crippen LogP contribution in [0.3, 0.4) is 0 Å². The van der Waals surface area contributed by atoms with Crippen molar-refractivity contribution in [2.24, 2.45) is 0 Å². The van der Waals surface area contributed by atoms with E-state index in [9.17, 15) is 4.79 Å². The first kappa shape index (κ1) is 16.3. The molecular weight excluding hydrogens is 330 g/mol. The maximum absolute atomic E-state index is 12.5. The number of fused-ring (bicyclic) bond motifs is 1. The number of rotatable bonds is 4. The minimum atomic E-state index is 0.0529. The zero-order valence-corrected chi connectivity index (χ0v) is 14.9. The van der Waals surface area contributed by atoms with Crippen LogP contribution in [0.15, 0.2) is 65.7 Å². The predicted molar refractivity (Wildman–Crippen MR) is 102 cm³/mol. The highest BCUT2D eigenvalue weighted by Gasteiger charge is 2.21. The molecule has 0 N–H and O–H groups in total. The number of benzene rings is 2. The Morgan fingerprint density at radius 1 is 1.20 bits per heavy atom. The molecule has 0 aliphatic carbocycles. The molecule has 1 saturated heterocycles.